The Morgan fingerprint density at radius 1 is 1.04 bits per heavy atom. The van der Waals surface area contributed by atoms with E-state index in [9.17, 15) is 5.11 Å². The predicted octanol–water partition coefficient (Wildman–Crippen LogP) is 3.76. The Kier molecular flexibility index (Phi) is 7.30. The van der Waals surface area contributed by atoms with E-state index in [-0.39, 0.29) is 5.75 Å². The summed E-state index contributed by atoms with van der Waals surface area (Å²) < 4.78 is 5.16. The van der Waals surface area contributed by atoms with Crippen molar-refractivity contribution in [2.45, 2.75) is 25.7 Å². The summed E-state index contributed by atoms with van der Waals surface area (Å²) in [6.07, 6.45) is 4.35. The molecule has 0 aromatic heterocycles. The zero-order chi connectivity index (χ0) is 17.2. The summed E-state index contributed by atoms with van der Waals surface area (Å²) in [6, 6.07) is 15.3. The van der Waals surface area contributed by atoms with Crippen LogP contribution in [0.3, 0.4) is 0 Å². The largest absolute Gasteiger partial charge is 0.507 e. The van der Waals surface area contributed by atoms with Gasteiger partial charge in [0.15, 0.2) is 0 Å². The summed E-state index contributed by atoms with van der Waals surface area (Å²) in [4.78, 5) is 4.76. The van der Waals surface area contributed by atoms with Gasteiger partial charge in [0.25, 0.3) is 0 Å². The van der Waals surface area contributed by atoms with Crippen molar-refractivity contribution in [2.75, 3.05) is 20.2 Å². The number of benzene rings is 2. The van der Waals surface area contributed by atoms with Gasteiger partial charge in [0.2, 0.25) is 0 Å². The van der Waals surface area contributed by atoms with Gasteiger partial charge in [-0.15, -0.1) is 0 Å². The molecule has 0 radical (unpaired) electrons. The van der Waals surface area contributed by atoms with E-state index in [1.54, 1.807) is 13.2 Å². The molecule has 0 aliphatic carbocycles. The van der Waals surface area contributed by atoms with Crippen LogP contribution in [0.1, 0.15) is 36.8 Å². The number of rotatable bonds is 9. The fraction of sp³-hybridized carbons (Fsp3) is 0.350. The minimum atomic E-state index is 0.181. The van der Waals surface area contributed by atoms with Gasteiger partial charge in [0, 0.05) is 23.7 Å². The lowest BCUT2D eigenvalue weighted by molar-refractivity contribution is 0.407. The van der Waals surface area contributed by atoms with Gasteiger partial charge in [0.1, 0.15) is 11.5 Å². The number of nitrogens with two attached hydrogens (primary N) is 1. The Labute approximate surface area is 144 Å². The molecule has 0 heterocycles. The number of aliphatic imine (C=N–C) groups is 1. The minimum absolute atomic E-state index is 0.181. The highest BCUT2D eigenvalue weighted by Crippen LogP contribution is 2.26. The van der Waals surface area contributed by atoms with Crippen molar-refractivity contribution in [1.82, 2.24) is 0 Å². The van der Waals surface area contributed by atoms with Crippen LogP contribution in [0.15, 0.2) is 53.5 Å². The predicted molar refractivity (Wildman–Crippen MR) is 99.1 cm³/mol. The van der Waals surface area contributed by atoms with E-state index >= 15 is 0 Å². The lowest BCUT2D eigenvalue weighted by Gasteiger charge is -2.11. The fourth-order valence-electron chi connectivity index (χ4n) is 2.57. The second kappa shape index (κ2) is 9.73. The maximum absolute atomic E-state index is 10.4. The quantitative estimate of drug-likeness (QED) is 0.544. The highest BCUT2D eigenvalue weighted by molar-refractivity contribution is 6.14. The van der Waals surface area contributed by atoms with E-state index in [2.05, 4.69) is 0 Å². The van der Waals surface area contributed by atoms with Crippen LogP contribution in [0.2, 0.25) is 0 Å². The summed E-state index contributed by atoms with van der Waals surface area (Å²) in [5.41, 5.74) is 8.06. The summed E-state index contributed by atoms with van der Waals surface area (Å²) in [5, 5.41) is 10.4. The van der Waals surface area contributed by atoms with Crippen LogP contribution in [0.4, 0.5) is 0 Å². The number of methoxy groups -OCH3 is 1. The molecule has 128 valence electrons. The van der Waals surface area contributed by atoms with Crippen LogP contribution in [0.5, 0.6) is 11.5 Å². The first-order valence-electron chi connectivity index (χ1n) is 8.43. The van der Waals surface area contributed by atoms with Crippen molar-refractivity contribution >= 4 is 5.71 Å². The SMILES string of the molecule is COc1ccc(/C(=N/CCCCCCN)c2ccccc2)c(O)c1. The molecule has 2 rings (SSSR count). The van der Waals surface area contributed by atoms with E-state index in [1.807, 2.05) is 42.5 Å². The molecule has 0 saturated carbocycles. The van der Waals surface area contributed by atoms with Crippen molar-refractivity contribution in [3.63, 3.8) is 0 Å². The summed E-state index contributed by atoms with van der Waals surface area (Å²) in [6.45, 7) is 1.48. The number of hydrogen-bond acceptors (Lipinski definition) is 4. The third kappa shape index (κ3) is 5.10. The van der Waals surface area contributed by atoms with Gasteiger partial charge in [-0.3, -0.25) is 4.99 Å². The van der Waals surface area contributed by atoms with Crippen LogP contribution in [-0.2, 0) is 0 Å². The molecular weight excluding hydrogens is 300 g/mol. The van der Waals surface area contributed by atoms with Gasteiger partial charge >= 0.3 is 0 Å². The fourth-order valence-corrected chi connectivity index (χ4v) is 2.57. The highest BCUT2D eigenvalue weighted by atomic mass is 16.5. The van der Waals surface area contributed by atoms with E-state index < -0.39 is 0 Å². The molecule has 0 aliphatic heterocycles. The van der Waals surface area contributed by atoms with Crippen LogP contribution < -0.4 is 10.5 Å². The normalized spacial score (nSPS) is 11.5. The van der Waals surface area contributed by atoms with Crippen molar-refractivity contribution in [3.05, 3.63) is 59.7 Å². The van der Waals surface area contributed by atoms with Gasteiger partial charge in [-0.25, -0.2) is 0 Å². The maximum atomic E-state index is 10.4. The molecule has 0 bridgehead atoms. The van der Waals surface area contributed by atoms with Crippen molar-refractivity contribution in [1.29, 1.82) is 0 Å². The van der Waals surface area contributed by atoms with Crippen LogP contribution in [-0.4, -0.2) is 31.0 Å². The van der Waals surface area contributed by atoms with E-state index in [4.69, 9.17) is 15.5 Å². The molecule has 2 aromatic rings. The van der Waals surface area contributed by atoms with Crippen LogP contribution in [0.25, 0.3) is 0 Å². The molecule has 0 saturated heterocycles. The molecule has 0 fully saturated rings. The van der Waals surface area contributed by atoms with Crippen molar-refractivity contribution < 1.29 is 9.84 Å². The Hall–Kier alpha value is -2.33. The zero-order valence-electron chi connectivity index (χ0n) is 14.2. The molecular formula is C20H26N2O2. The summed E-state index contributed by atoms with van der Waals surface area (Å²) >= 11 is 0. The van der Waals surface area contributed by atoms with Crippen molar-refractivity contribution in [3.8, 4) is 11.5 Å². The first-order valence-corrected chi connectivity index (χ1v) is 8.43. The average Bonchev–Trinajstić information content (AvgIpc) is 2.62. The second-order valence-corrected chi connectivity index (χ2v) is 5.68. The number of nitrogens with zero attached hydrogens (tertiary/aromatic N) is 1. The molecule has 0 spiro atoms. The molecule has 3 N–H and O–H groups in total. The molecule has 0 atom stereocenters. The number of hydrogen-bond donors (Lipinski definition) is 2. The Morgan fingerprint density at radius 2 is 1.79 bits per heavy atom. The van der Waals surface area contributed by atoms with Gasteiger partial charge in [0.05, 0.1) is 12.8 Å². The number of phenols is 1. The van der Waals surface area contributed by atoms with E-state index in [0.717, 1.165) is 55.6 Å². The smallest absolute Gasteiger partial charge is 0.128 e. The first kappa shape index (κ1) is 18.0. The molecule has 4 heteroatoms. The highest BCUT2D eigenvalue weighted by Gasteiger charge is 2.12. The number of aromatic hydroxyl groups is 1. The monoisotopic (exact) mass is 326 g/mol. The zero-order valence-corrected chi connectivity index (χ0v) is 14.2. The van der Waals surface area contributed by atoms with Gasteiger partial charge in [-0.1, -0.05) is 43.2 Å². The number of unbranched alkanes of at least 4 members (excludes halogenated alkanes) is 3. The Balaban J connectivity index is 2.20. The van der Waals surface area contributed by atoms with Crippen molar-refractivity contribution in [2.24, 2.45) is 10.7 Å². The van der Waals surface area contributed by atoms with Crippen LogP contribution in [0, 0.1) is 0 Å². The van der Waals surface area contributed by atoms with Gasteiger partial charge in [-0.2, -0.15) is 0 Å². The topological polar surface area (TPSA) is 67.8 Å². The molecule has 2 aromatic carbocycles. The Bertz CT molecular complexity index is 654. The van der Waals surface area contributed by atoms with Gasteiger partial charge in [-0.05, 0) is 31.5 Å². The number of phenolic OH excluding ortho intramolecular Hbond substituents is 1. The van der Waals surface area contributed by atoms with E-state index in [1.165, 1.54) is 0 Å². The van der Waals surface area contributed by atoms with Gasteiger partial charge < -0.3 is 15.6 Å². The van der Waals surface area contributed by atoms with E-state index in [0.29, 0.717) is 5.75 Å². The molecule has 4 nitrogen and oxygen atoms in total. The minimum Gasteiger partial charge on any atom is -0.507 e. The maximum Gasteiger partial charge on any atom is 0.128 e. The molecule has 0 amide bonds. The lowest BCUT2D eigenvalue weighted by atomic mass is 10.0. The second-order valence-electron chi connectivity index (χ2n) is 5.68. The molecule has 0 aliphatic rings. The molecule has 24 heavy (non-hydrogen) atoms. The lowest BCUT2D eigenvalue weighted by Crippen LogP contribution is -2.05. The first-order chi connectivity index (χ1) is 11.8. The molecule has 0 unspecified atom stereocenters. The average molecular weight is 326 g/mol. The third-order valence-corrected chi connectivity index (χ3v) is 3.89. The third-order valence-electron chi connectivity index (χ3n) is 3.89. The summed E-state index contributed by atoms with van der Waals surface area (Å²) in [5.74, 6) is 0.811. The Morgan fingerprint density at radius 3 is 2.46 bits per heavy atom. The summed E-state index contributed by atoms with van der Waals surface area (Å²) in [7, 11) is 1.59. The van der Waals surface area contributed by atoms with Crippen LogP contribution >= 0.6 is 0 Å². The number of ether oxygens (including phenoxy) is 1. The standard InChI is InChI=1S/C20H26N2O2/c1-24-17-11-12-18(19(23)15-17)20(16-9-5-4-6-10-16)22-14-8-3-2-7-13-21/h4-6,9-12,15,23H,2-3,7-8,13-14,21H2,1H3/b22-20+.